The maximum atomic E-state index is 12.6. The number of carboxylic acid groups (broad SMARTS) is 1. The maximum absolute atomic E-state index is 12.6. The lowest BCUT2D eigenvalue weighted by molar-refractivity contribution is -0.122. The fourth-order valence-corrected chi connectivity index (χ4v) is 3.40. The Balaban J connectivity index is 0.000000858. The highest BCUT2D eigenvalue weighted by Crippen LogP contribution is 2.21. The van der Waals surface area contributed by atoms with Gasteiger partial charge in [-0.15, -0.1) is 0 Å². The third-order valence-corrected chi connectivity index (χ3v) is 5.01. The number of aromatic nitrogens is 5. The number of fused-ring (bicyclic) bond motifs is 1. The van der Waals surface area contributed by atoms with Crippen LogP contribution in [0.2, 0.25) is 0 Å². The first kappa shape index (κ1) is 21.9. The monoisotopic (exact) mass is 427 g/mol. The molecule has 1 amide bonds. The predicted octanol–water partition coefficient (Wildman–Crippen LogP) is 1.18. The lowest BCUT2D eigenvalue weighted by Crippen LogP contribution is -2.39. The van der Waals surface area contributed by atoms with Crippen molar-refractivity contribution < 1.29 is 19.4 Å². The molecule has 1 fully saturated rings. The van der Waals surface area contributed by atoms with Crippen molar-refractivity contribution in [2.24, 2.45) is 5.92 Å². The lowest BCUT2D eigenvalue weighted by Gasteiger charge is -2.32. The molecular weight excluding hydrogens is 402 g/mol. The SMILES string of the molecule is COc1ccnc(N2CCC(CNC(=O)c3cnn4cc(C)cnc34)CC2)n1.O=CO. The van der Waals surface area contributed by atoms with Crippen LogP contribution in [-0.2, 0) is 4.79 Å². The molecule has 11 nitrogen and oxygen atoms in total. The summed E-state index contributed by atoms with van der Waals surface area (Å²) < 4.78 is 6.80. The van der Waals surface area contributed by atoms with Crippen LogP contribution in [-0.4, -0.2) is 68.8 Å². The number of piperidine rings is 1. The molecule has 0 atom stereocenters. The molecule has 1 saturated heterocycles. The minimum absolute atomic E-state index is 0.134. The minimum Gasteiger partial charge on any atom is -0.483 e. The van der Waals surface area contributed by atoms with Crippen LogP contribution >= 0.6 is 0 Å². The standard InChI is InChI=1S/C19H23N7O2.CH2O2/c1-13-9-21-17-15(11-23-26(17)12-13)18(27)22-10-14-4-7-25(8-5-14)19-20-6-3-16(24-19)28-2;2-1-3/h3,6,9,11-12,14H,4-5,7-8,10H2,1-2H3,(H,22,27);1H,(H,2,3). The number of hydrogen-bond donors (Lipinski definition) is 2. The van der Waals surface area contributed by atoms with Gasteiger partial charge in [0.25, 0.3) is 12.4 Å². The van der Waals surface area contributed by atoms with Gasteiger partial charge in [0, 0.05) is 44.3 Å². The first-order valence-corrected chi connectivity index (χ1v) is 9.83. The summed E-state index contributed by atoms with van der Waals surface area (Å²) in [5.41, 5.74) is 2.07. The average molecular weight is 427 g/mol. The van der Waals surface area contributed by atoms with Crippen LogP contribution in [0.4, 0.5) is 5.95 Å². The van der Waals surface area contributed by atoms with Crippen LogP contribution in [0, 0.1) is 12.8 Å². The van der Waals surface area contributed by atoms with Crippen molar-refractivity contribution in [2.45, 2.75) is 19.8 Å². The maximum Gasteiger partial charge on any atom is 0.290 e. The van der Waals surface area contributed by atoms with Gasteiger partial charge in [-0.2, -0.15) is 10.1 Å². The lowest BCUT2D eigenvalue weighted by atomic mass is 9.97. The van der Waals surface area contributed by atoms with Gasteiger partial charge in [-0.05, 0) is 31.2 Å². The molecule has 31 heavy (non-hydrogen) atoms. The second kappa shape index (κ2) is 10.3. The Hall–Kier alpha value is -3.76. The summed E-state index contributed by atoms with van der Waals surface area (Å²) in [5, 5.41) is 14.1. The first-order chi connectivity index (χ1) is 15.0. The van der Waals surface area contributed by atoms with Crippen molar-refractivity contribution in [3.8, 4) is 5.88 Å². The van der Waals surface area contributed by atoms with Crippen molar-refractivity contribution in [3.63, 3.8) is 0 Å². The van der Waals surface area contributed by atoms with Crippen molar-refractivity contribution in [1.82, 2.24) is 29.9 Å². The Morgan fingerprint density at radius 1 is 1.32 bits per heavy atom. The average Bonchev–Trinajstić information content (AvgIpc) is 3.21. The number of carbonyl (C=O) groups is 2. The van der Waals surface area contributed by atoms with Gasteiger partial charge in [-0.1, -0.05) is 0 Å². The van der Waals surface area contributed by atoms with E-state index >= 15 is 0 Å². The number of nitrogens with one attached hydrogen (secondary N) is 1. The van der Waals surface area contributed by atoms with Crippen molar-refractivity contribution in [1.29, 1.82) is 0 Å². The summed E-state index contributed by atoms with van der Waals surface area (Å²) in [4.78, 5) is 36.1. The molecule has 3 aromatic heterocycles. The molecule has 0 saturated carbocycles. The molecule has 11 heteroatoms. The molecule has 3 aromatic rings. The topological polar surface area (TPSA) is 135 Å². The Kier molecular flexibility index (Phi) is 7.31. The van der Waals surface area contributed by atoms with E-state index in [2.05, 4.69) is 30.3 Å². The number of hydrogen-bond acceptors (Lipinski definition) is 8. The number of carbonyl (C=O) groups excluding carboxylic acids is 1. The normalized spacial score (nSPS) is 13.9. The van der Waals surface area contributed by atoms with E-state index in [0.717, 1.165) is 31.5 Å². The van der Waals surface area contributed by atoms with E-state index < -0.39 is 0 Å². The predicted molar refractivity (Wildman–Crippen MR) is 112 cm³/mol. The molecule has 1 aliphatic heterocycles. The highest BCUT2D eigenvalue weighted by Gasteiger charge is 2.22. The van der Waals surface area contributed by atoms with Gasteiger partial charge in [0.1, 0.15) is 5.56 Å². The van der Waals surface area contributed by atoms with Crippen LogP contribution in [0.5, 0.6) is 5.88 Å². The van der Waals surface area contributed by atoms with Crippen molar-refractivity contribution in [3.05, 3.63) is 42.0 Å². The molecule has 0 aliphatic carbocycles. The van der Waals surface area contributed by atoms with Crippen LogP contribution in [0.25, 0.3) is 5.65 Å². The fourth-order valence-electron chi connectivity index (χ4n) is 3.40. The molecule has 0 unspecified atom stereocenters. The molecule has 4 rings (SSSR count). The van der Waals surface area contributed by atoms with E-state index in [1.165, 1.54) is 0 Å². The van der Waals surface area contributed by atoms with Crippen LogP contribution < -0.4 is 15.0 Å². The number of ether oxygens (including phenoxy) is 1. The van der Waals surface area contributed by atoms with Crippen LogP contribution in [0.3, 0.4) is 0 Å². The zero-order chi connectivity index (χ0) is 22.2. The summed E-state index contributed by atoms with van der Waals surface area (Å²) >= 11 is 0. The molecule has 164 valence electrons. The smallest absolute Gasteiger partial charge is 0.290 e. The van der Waals surface area contributed by atoms with E-state index in [4.69, 9.17) is 14.6 Å². The van der Waals surface area contributed by atoms with Gasteiger partial charge in [0.15, 0.2) is 5.65 Å². The molecule has 4 heterocycles. The minimum atomic E-state index is -0.250. The number of rotatable bonds is 5. The van der Waals surface area contributed by atoms with Gasteiger partial charge in [-0.3, -0.25) is 9.59 Å². The molecule has 0 spiro atoms. The number of methoxy groups -OCH3 is 1. The first-order valence-electron chi connectivity index (χ1n) is 9.83. The highest BCUT2D eigenvalue weighted by molar-refractivity contribution is 5.99. The second-order valence-corrected chi connectivity index (χ2v) is 7.10. The van der Waals surface area contributed by atoms with Crippen molar-refractivity contribution in [2.75, 3.05) is 31.6 Å². The number of amides is 1. The van der Waals surface area contributed by atoms with Gasteiger partial charge in [0.05, 0.1) is 13.3 Å². The van der Waals surface area contributed by atoms with Crippen LogP contribution in [0.15, 0.2) is 30.9 Å². The largest absolute Gasteiger partial charge is 0.483 e. The third kappa shape index (κ3) is 5.44. The summed E-state index contributed by atoms with van der Waals surface area (Å²) in [6.45, 7) is 4.03. The molecule has 2 N–H and O–H groups in total. The Labute approximate surface area is 179 Å². The molecule has 0 bridgehead atoms. The summed E-state index contributed by atoms with van der Waals surface area (Å²) in [6.07, 6.45) is 8.80. The van der Waals surface area contributed by atoms with E-state index in [1.807, 2.05) is 13.1 Å². The van der Waals surface area contributed by atoms with E-state index in [-0.39, 0.29) is 12.4 Å². The quantitative estimate of drug-likeness (QED) is 0.575. The van der Waals surface area contributed by atoms with E-state index in [1.54, 1.807) is 36.3 Å². The van der Waals surface area contributed by atoms with E-state index in [9.17, 15) is 4.79 Å². The van der Waals surface area contributed by atoms with Gasteiger partial charge in [0.2, 0.25) is 11.8 Å². The Morgan fingerprint density at radius 2 is 2.06 bits per heavy atom. The van der Waals surface area contributed by atoms with Gasteiger partial charge in [-0.25, -0.2) is 14.5 Å². The third-order valence-electron chi connectivity index (χ3n) is 5.01. The Morgan fingerprint density at radius 3 is 2.77 bits per heavy atom. The zero-order valence-corrected chi connectivity index (χ0v) is 17.4. The summed E-state index contributed by atoms with van der Waals surface area (Å²) in [6, 6.07) is 1.74. The van der Waals surface area contributed by atoms with Gasteiger partial charge >= 0.3 is 0 Å². The summed E-state index contributed by atoms with van der Waals surface area (Å²) in [7, 11) is 1.60. The van der Waals surface area contributed by atoms with Gasteiger partial charge < -0.3 is 20.1 Å². The Bertz CT molecular complexity index is 1030. The van der Waals surface area contributed by atoms with Crippen molar-refractivity contribution >= 4 is 24.0 Å². The number of aryl methyl sites for hydroxylation is 1. The highest BCUT2D eigenvalue weighted by atomic mass is 16.5. The number of nitrogens with zero attached hydrogens (tertiary/aromatic N) is 6. The fraction of sp³-hybridized carbons (Fsp3) is 0.400. The zero-order valence-electron chi connectivity index (χ0n) is 17.4. The molecule has 0 aromatic carbocycles. The summed E-state index contributed by atoms with van der Waals surface area (Å²) in [5.74, 6) is 1.54. The second-order valence-electron chi connectivity index (χ2n) is 7.10. The molecule has 0 radical (unpaired) electrons. The molecule has 1 aliphatic rings. The van der Waals surface area contributed by atoms with Crippen LogP contribution in [0.1, 0.15) is 28.8 Å². The van der Waals surface area contributed by atoms with E-state index in [0.29, 0.717) is 35.5 Å². The molecular formula is C20H25N7O4. The number of anilines is 1.